The van der Waals surface area contributed by atoms with E-state index in [2.05, 4.69) is 10.3 Å². The zero-order valence-corrected chi connectivity index (χ0v) is 9.59. The number of pyridine rings is 1. The van der Waals surface area contributed by atoms with E-state index in [0.29, 0.717) is 5.82 Å². The minimum absolute atomic E-state index is 0.0243. The number of aromatic nitrogens is 1. The number of hydrogen-bond donors (Lipinski definition) is 2. The lowest BCUT2D eigenvalue weighted by atomic mass is 10.0. The van der Waals surface area contributed by atoms with Crippen LogP contribution >= 0.6 is 0 Å². The minimum atomic E-state index is -0.184. The molecule has 0 atom stereocenters. The van der Waals surface area contributed by atoms with Gasteiger partial charge in [0.25, 0.3) is 0 Å². The van der Waals surface area contributed by atoms with E-state index in [4.69, 9.17) is 0 Å². The average molecular weight is 220 g/mol. The molecule has 1 amide bonds. The predicted molar refractivity (Wildman–Crippen MR) is 62.4 cm³/mol. The topological polar surface area (TPSA) is 62.0 Å². The molecule has 1 heterocycles. The zero-order valence-electron chi connectivity index (χ0n) is 9.59. The molecule has 1 aromatic rings. The monoisotopic (exact) mass is 220 g/mol. The first-order valence-electron chi connectivity index (χ1n) is 5.58. The van der Waals surface area contributed by atoms with Crippen molar-refractivity contribution in [2.24, 2.45) is 5.41 Å². The lowest BCUT2D eigenvalue weighted by Gasteiger charge is -2.12. The van der Waals surface area contributed by atoms with Gasteiger partial charge >= 0.3 is 0 Å². The minimum Gasteiger partial charge on any atom is -0.312 e. The van der Waals surface area contributed by atoms with Crippen LogP contribution in [-0.2, 0) is 4.79 Å². The molecule has 16 heavy (non-hydrogen) atoms. The molecule has 1 aliphatic rings. The molecular weight excluding hydrogens is 204 g/mol. The van der Waals surface area contributed by atoms with Gasteiger partial charge in [-0.05, 0) is 37.8 Å². The van der Waals surface area contributed by atoms with Crippen LogP contribution in [0, 0.1) is 12.3 Å². The Balaban J connectivity index is 2.15. The molecule has 1 saturated carbocycles. The fourth-order valence-corrected chi connectivity index (χ4v) is 1.90. The average Bonchev–Trinajstić information content (AvgIpc) is 2.96. The number of nitrogens with one attached hydrogen (secondary N) is 2. The Bertz CT molecular complexity index is 472. The molecular formula is C12H16N2O2. The highest BCUT2D eigenvalue weighted by molar-refractivity contribution is 5.96. The quantitative estimate of drug-likeness (QED) is 0.816. The van der Waals surface area contributed by atoms with E-state index in [0.717, 1.165) is 24.8 Å². The summed E-state index contributed by atoms with van der Waals surface area (Å²) in [6.45, 7) is 3.85. The van der Waals surface area contributed by atoms with Gasteiger partial charge in [-0.15, -0.1) is 0 Å². The van der Waals surface area contributed by atoms with Crippen molar-refractivity contribution in [3.63, 3.8) is 0 Å². The summed E-state index contributed by atoms with van der Waals surface area (Å²) < 4.78 is 0. The maximum atomic E-state index is 11.9. The van der Waals surface area contributed by atoms with Crippen LogP contribution in [0.1, 0.15) is 31.7 Å². The van der Waals surface area contributed by atoms with Gasteiger partial charge in [-0.3, -0.25) is 9.59 Å². The number of amides is 1. The van der Waals surface area contributed by atoms with E-state index >= 15 is 0 Å². The van der Waals surface area contributed by atoms with Crippen molar-refractivity contribution in [1.29, 1.82) is 0 Å². The van der Waals surface area contributed by atoms with E-state index in [-0.39, 0.29) is 16.9 Å². The highest BCUT2D eigenvalue weighted by atomic mass is 16.2. The Kier molecular flexibility index (Phi) is 2.58. The van der Waals surface area contributed by atoms with Crippen molar-refractivity contribution in [1.82, 2.24) is 4.98 Å². The number of hydrogen-bond acceptors (Lipinski definition) is 2. The van der Waals surface area contributed by atoms with Crippen LogP contribution in [0.4, 0.5) is 5.82 Å². The fraction of sp³-hybridized carbons (Fsp3) is 0.500. The first kappa shape index (κ1) is 10.9. The lowest BCUT2D eigenvalue weighted by Crippen LogP contribution is -2.25. The molecule has 86 valence electrons. The van der Waals surface area contributed by atoms with E-state index in [1.807, 2.05) is 13.8 Å². The van der Waals surface area contributed by atoms with Gasteiger partial charge in [0.1, 0.15) is 5.82 Å². The van der Waals surface area contributed by atoms with Crippen LogP contribution in [0.2, 0.25) is 0 Å². The molecule has 0 radical (unpaired) electrons. The van der Waals surface area contributed by atoms with Crippen molar-refractivity contribution in [3.05, 3.63) is 28.0 Å². The Morgan fingerprint density at radius 3 is 2.69 bits per heavy atom. The molecule has 0 unspecified atom stereocenters. The first-order chi connectivity index (χ1) is 7.55. The highest BCUT2D eigenvalue weighted by Gasteiger charge is 2.47. The van der Waals surface area contributed by atoms with E-state index in [1.165, 1.54) is 6.07 Å². The van der Waals surface area contributed by atoms with Gasteiger partial charge in [-0.2, -0.15) is 0 Å². The van der Waals surface area contributed by atoms with E-state index in [9.17, 15) is 9.59 Å². The molecule has 2 N–H and O–H groups in total. The molecule has 0 aromatic carbocycles. The lowest BCUT2D eigenvalue weighted by molar-refractivity contribution is -0.121. The van der Waals surface area contributed by atoms with Crippen LogP contribution in [0.15, 0.2) is 16.9 Å². The van der Waals surface area contributed by atoms with Crippen LogP contribution in [0.5, 0.6) is 0 Å². The number of aryl methyl sites for hydroxylation is 1. The number of carbonyl (C=O) groups excluding carboxylic acids is 1. The summed E-state index contributed by atoms with van der Waals surface area (Å²) in [5.74, 6) is 0.519. The first-order valence-corrected chi connectivity index (χ1v) is 5.58. The summed E-state index contributed by atoms with van der Waals surface area (Å²) in [5.41, 5.74) is 0.484. The number of aromatic amines is 1. The van der Waals surface area contributed by atoms with Gasteiger partial charge in [-0.1, -0.05) is 6.92 Å². The number of rotatable bonds is 3. The smallest absolute Gasteiger partial charge is 0.249 e. The normalized spacial score (nSPS) is 16.9. The second-order valence-corrected chi connectivity index (χ2v) is 4.52. The molecule has 1 fully saturated rings. The summed E-state index contributed by atoms with van der Waals surface area (Å²) in [6.07, 6.45) is 2.76. The molecule has 0 aliphatic heterocycles. The van der Waals surface area contributed by atoms with Crippen LogP contribution in [0.3, 0.4) is 0 Å². The van der Waals surface area contributed by atoms with Gasteiger partial charge in [0.2, 0.25) is 11.5 Å². The predicted octanol–water partition coefficient (Wildman–Crippen LogP) is 1.81. The van der Waals surface area contributed by atoms with Crippen LogP contribution in [0.25, 0.3) is 0 Å². The highest BCUT2D eigenvalue weighted by Crippen LogP contribution is 2.49. The van der Waals surface area contributed by atoms with Gasteiger partial charge in [0.15, 0.2) is 0 Å². The standard InChI is InChI=1S/C12H16N2O2/c1-3-12(4-5-12)11(16)14-9-6-8(2)7-10(15)13-9/h6-7H,3-5H2,1-2H3,(H2,13,14,15,16). The summed E-state index contributed by atoms with van der Waals surface area (Å²) >= 11 is 0. The van der Waals surface area contributed by atoms with Crippen molar-refractivity contribution in [2.75, 3.05) is 5.32 Å². The summed E-state index contributed by atoms with van der Waals surface area (Å²) in [4.78, 5) is 25.8. The molecule has 4 heteroatoms. The van der Waals surface area contributed by atoms with E-state index < -0.39 is 0 Å². The van der Waals surface area contributed by atoms with Crippen molar-refractivity contribution < 1.29 is 4.79 Å². The van der Waals surface area contributed by atoms with Gasteiger partial charge < -0.3 is 10.3 Å². The summed E-state index contributed by atoms with van der Waals surface area (Å²) in [7, 11) is 0. The Labute approximate surface area is 94.1 Å². The Morgan fingerprint density at radius 1 is 1.50 bits per heavy atom. The molecule has 1 aliphatic carbocycles. The van der Waals surface area contributed by atoms with E-state index in [1.54, 1.807) is 6.07 Å². The SMILES string of the molecule is CCC1(C(=O)Nc2cc(C)cc(=O)[nH]2)CC1. The third kappa shape index (κ3) is 2.01. The largest absolute Gasteiger partial charge is 0.312 e. The zero-order chi connectivity index (χ0) is 11.8. The number of H-pyrrole nitrogens is 1. The van der Waals surface area contributed by atoms with Gasteiger partial charge in [0, 0.05) is 11.5 Å². The third-order valence-corrected chi connectivity index (χ3v) is 3.25. The molecule has 2 rings (SSSR count). The number of carbonyl (C=O) groups is 1. The van der Waals surface area contributed by atoms with Crippen molar-refractivity contribution in [3.8, 4) is 0 Å². The van der Waals surface area contributed by atoms with Gasteiger partial charge in [0.05, 0.1) is 0 Å². The molecule has 1 aromatic heterocycles. The molecule has 0 bridgehead atoms. The van der Waals surface area contributed by atoms with Crippen molar-refractivity contribution >= 4 is 11.7 Å². The fourth-order valence-electron chi connectivity index (χ4n) is 1.90. The summed E-state index contributed by atoms with van der Waals surface area (Å²) in [5, 5.41) is 2.78. The second kappa shape index (κ2) is 3.77. The maximum Gasteiger partial charge on any atom is 0.249 e. The summed E-state index contributed by atoms with van der Waals surface area (Å²) in [6, 6.07) is 3.27. The maximum absolute atomic E-state index is 11.9. The molecule has 0 saturated heterocycles. The molecule has 0 spiro atoms. The number of anilines is 1. The van der Waals surface area contributed by atoms with Gasteiger partial charge in [-0.25, -0.2) is 0 Å². The van der Waals surface area contributed by atoms with Crippen LogP contribution in [-0.4, -0.2) is 10.9 Å². The molecule has 4 nitrogen and oxygen atoms in total. The van der Waals surface area contributed by atoms with Crippen molar-refractivity contribution in [2.45, 2.75) is 33.1 Å². The Hall–Kier alpha value is -1.58. The van der Waals surface area contributed by atoms with Crippen LogP contribution < -0.4 is 10.9 Å². The third-order valence-electron chi connectivity index (χ3n) is 3.25. The second-order valence-electron chi connectivity index (χ2n) is 4.52. The Morgan fingerprint density at radius 2 is 2.19 bits per heavy atom.